The number of carbonyl (C=O) groups is 2. The zero-order valence-electron chi connectivity index (χ0n) is 9.15. The largest absolute Gasteiger partial charge is 0.481 e. The summed E-state index contributed by atoms with van der Waals surface area (Å²) in [5, 5.41) is 20.4. The Morgan fingerprint density at radius 2 is 1.93 bits per heavy atom. The molecule has 3 atom stereocenters. The van der Waals surface area contributed by atoms with Crippen LogP contribution in [0.15, 0.2) is 0 Å². The smallest absolute Gasteiger partial charge is 0.307 e. The van der Waals surface area contributed by atoms with E-state index in [0.717, 1.165) is 0 Å². The van der Waals surface area contributed by atoms with Gasteiger partial charge < -0.3 is 15.5 Å². The van der Waals surface area contributed by atoms with Crippen LogP contribution in [0.1, 0.15) is 20.8 Å². The van der Waals surface area contributed by atoms with Crippen LogP contribution in [-0.4, -0.2) is 34.7 Å². The fraction of sp³-hybridized carbons (Fsp3) is 0.800. The van der Waals surface area contributed by atoms with Crippen LogP contribution in [0.4, 0.5) is 0 Å². The van der Waals surface area contributed by atoms with Crippen LogP contribution in [0.2, 0.25) is 0 Å². The number of aliphatic carboxylic acids is 1. The lowest BCUT2D eigenvalue weighted by atomic mass is 10.1. The highest BCUT2D eigenvalue weighted by atomic mass is 16.4. The number of carboxylic acids is 1. The maximum absolute atomic E-state index is 11.6. The molecule has 1 amide bonds. The minimum Gasteiger partial charge on any atom is -0.481 e. The van der Waals surface area contributed by atoms with Gasteiger partial charge in [-0.3, -0.25) is 9.59 Å². The number of nitrogens with one attached hydrogen (secondary N) is 1. The molecule has 2 unspecified atom stereocenters. The standard InChI is InChI=1S/C10H17NO4/c1-5(12)4-11-8(13)6-7(9(14)15)10(6,2)3/h5-7,12H,4H2,1-3H3,(H,11,13)(H,14,15)/t5-,6?,7?/m1/s1. The second-order valence-corrected chi connectivity index (χ2v) is 4.71. The lowest BCUT2D eigenvalue weighted by molar-refractivity contribution is -0.140. The van der Waals surface area contributed by atoms with Crippen molar-refractivity contribution >= 4 is 11.9 Å². The summed E-state index contributed by atoms with van der Waals surface area (Å²) in [5.74, 6) is -2.30. The van der Waals surface area contributed by atoms with Gasteiger partial charge in [-0.2, -0.15) is 0 Å². The zero-order valence-corrected chi connectivity index (χ0v) is 9.15. The number of rotatable bonds is 4. The SMILES string of the molecule is C[C@@H](O)CNC(=O)C1C(C(=O)O)C1(C)C. The Morgan fingerprint density at radius 1 is 1.40 bits per heavy atom. The van der Waals surface area contributed by atoms with Crippen LogP contribution in [0.25, 0.3) is 0 Å². The number of carbonyl (C=O) groups excluding carboxylic acids is 1. The molecule has 86 valence electrons. The van der Waals surface area contributed by atoms with Gasteiger partial charge in [0.05, 0.1) is 17.9 Å². The van der Waals surface area contributed by atoms with Gasteiger partial charge in [0.25, 0.3) is 0 Å². The fourth-order valence-corrected chi connectivity index (χ4v) is 1.95. The average molecular weight is 215 g/mol. The summed E-state index contributed by atoms with van der Waals surface area (Å²) >= 11 is 0. The van der Waals surface area contributed by atoms with Crippen molar-refractivity contribution in [3.63, 3.8) is 0 Å². The summed E-state index contributed by atoms with van der Waals surface area (Å²) in [6.45, 7) is 5.25. The predicted molar refractivity (Wildman–Crippen MR) is 53.1 cm³/mol. The van der Waals surface area contributed by atoms with Crippen molar-refractivity contribution in [3.05, 3.63) is 0 Å². The fourth-order valence-electron chi connectivity index (χ4n) is 1.95. The van der Waals surface area contributed by atoms with E-state index in [1.165, 1.54) is 0 Å². The van der Waals surface area contributed by atoms with E-state index in [1.54, 1.807) is 20.8 Å². The number of hydrogen-bond donors (Lipinski definition) is 3. The van der Waals surface area contributed by atoms with Crippen LogP contribution in [0.3, 0.4) is 0 Å². The topological polar surface area (TPSA) is 86.6 Å². The van der Waals surface area contributed by atoms with Crippen molar-refractivity contribution in [2.75, 3.05) is 6.54 Å². The average Bonchev–Trinajstić information content (AvgIpc) is 2.65. The number of carboxylic acid groups (broad SMARTS) is 1. The van der Waals surface area contributed by atoms with Gasteiger partial charge in [0.2, 0.25) is 5.91 Å². The molecule has 3 N–H and O–H groups in total. The first-order valence-corrected chi connectivity index (χ1v) is 4.97. The first kappa shape index (κ1) is 12.0. The Balaban J connectivity index is 2.53. The van der Waals surface area contributed by atoms with E-state index in [4.69, 9.17) is 10.2 Å². The quantitative estimate of drug-likeness (QED) is 0.608. The molecular formula is C10H17NO4. The van der Waals surface area contributed by atoms with Gasteiger partial charge in [0.15, 0.2) is 0 Å². The molecule has 5 heteroatoms. The Morgan fingerprint density at radius 3 is 2.27 bits per heavy atom. The molecule has 1 aliphatic carbocycles. The minimum absolute atomic E-state index is 0.164. The van der Waals surface area contributed by atoms with E-state index in [1.807, 2.05) is 0 Å². The zero-order chi connectivity index (χ0) is 11.8. The third-order valence-electron chi connectivity index (χ3n) is 2.95. The molecule has 0 bridgehead atoms. The molecule has 1 fully saturated rings. The Kier molecular flexibility index (Phi) is 3.04. The summed E-state index contributed by atoms with van der Waals surface area (Å²) in [5.41, 5.74) is -0.478. The van der Waals surface area contributed by atoms with E-state index in [2.05, 4.69) is 5.32 Å². The molecule has 0 aromatic carbocycles. The third-order valence-corrected chi connectivity index (χ3v) is 2.95. The van der Waals surface area contributed by atoms with Gasteiger partial charge in [0.1, 0.15) is 0 Å². The van der Waals surface area contributed by atoms with E-state index in [9.17, 15) is 9.59 Å². The highest BCUT2D eigenvalue weighted by Crippen LogP contribution is 2.58. The summed E-state index contributed by atoms with van der Waals surface area (Å²) in [4.78, 5) is 22.4. The van der Waals surface area contributed by atoms with Crippen LogP contribution in [0.5, 0.6) is 0 Å². The van der Waals surface area contributed by atoms with E-state index in [-0.39, 0.29) is 12.5 Å². The lowest BCUT2D eigenvalue weighted by Crippen LogP contribution is -2.33. The van der Waals surface area contributed by atoms with E-state index >= 15 is 0 Å². The van der Waals surface area contributed by atoms with Gasteiger partial charge >= 0.3 is 5.97 Å². The molecule has 1 rings (SSSR count). The van der Waals surface area contributed by atoms with E-state index < -0.39 is 29.3 Å². The molecule has 0 aliphatic heterocycles. The van der Waals surface area contributed by atoms with Crippen molar-refractivity contribution < 1.29 is 19.8 Å². The normalized spacial score (nSPS) is 29.3. The predicted octanol–water partition coefficient (Wildman–Crippen LogP) is -0.160. The molecule has 1 aliphatic rings. The maximum atomic E-state index is 11.6. The first-order valence-electron chi connectivity index (χ1n) is 4.97. The van der Waals surface area contributed by atoms with Crippen molar-refractivity contribution in [2.24, 2.45) is 17.3 Å². The molecule has 0 aromatic heterocycles. The molecule has 0 aromatic rings. The van der Waals surface area contributed by atoms with Crippen molar-refractivity contribution in [3.8, 4) is 0 Å². The molecule has 0 spiro atoms. The lowest BCUT2D eigenvalue weighted by Gasteiger charge is -2.07. The molecule has 0 heterocycles. The molecule has 5 nitrogen and oxygen atoms in total. The number of hydrogen-bond acceptors (Lipinski definition) is 3. The number of amides is 1. The first-order chi connectivity index (χ1) is 6.78. The van der Waals surface area contributed by atoms with Crippen LogP contribution < -0.4 is 5.32 Å². The molecule has 15 heavy (non-hydrogen) atoms. The minimum atomic E-state index is -0.933. The Labute approximate surface area is 88.5 Å². The van der Waals surface area contributed by atoms with Gasteiger partial charge in [-0.25, -0.2) is 0 Å². The Hall–Kier alpha value is -1.10. The van der Waals surface area contributed by atoms with Crippen LogP contribution in [-0.2, 0) is 9.59 Å². The van der Waals surface area contributed by atoms with Crippen LogP contribution >= 0.6 is 0 Å². The third kappa shape index (κ3) is 2.28. The van der Waals surface area contributed by atoms with Crippen molar-refractivity contribution in [1.82, 2.24) is 5.32 Å². The summed E-state index contributed by atoms with van der Waals surface area (Å²) in [7, 11) is 0. The van der Waals surface area contributed by atoms with Gasteiger partial charge in [0, 0.05) is 6.54 Å². The van der Waals surface area contributed by atoms with Crippen molar-refractivity contribution in [1.29, 1.82) is 0 Å². The maximum Gasteiger partial charge on any atom is 0.307 e. The highest BCUT2D eigenvalue weighted by Gasteiger charge is 2.65. The van der Waals surface area contributed by atoms with Gasteiger partial charge in [-0.05, 0) is 12.3 Å². The van der Waals surface area contributed by atoms with E-state index in [0.29, 0.717) is 0 Å². The summed E-state index contributed by atoms with van der Waals surface area (Å²) in [6.07, 6.45) is -0.612. The molecule has 0 radical (unpaired) electrons. The monoisotopic (exact) mass is 215 g/mol. The van der Waals surface area contributed by atoms with Gasteiger partial charge in [-0.1, -0.05) is 13.8 Å². The summed E-state index contributed by atoms with van der Waals surface area (Å²) < 4.78 is 0. The Bertz CT molecular complexity index is 285. The molecule has 1 saturated carbocycles. The van der Waals surface area contributed by atoms with Crippen LogP contribution in [0, 0.1) is 17.3 Å². The highest BCUT2D eigenvalue weighted by molar-refractivity contribution is 5.91. The molecule has 0 saturated heterocycles. The van der Waals surface area contributed by atoms with Crippen molar-refractivity contribution in [2.45, 2.75) is 26.9 Å². The number of aliphatic hydroxyl groups is 1. The second-order valence-electron chi connectivity index (χ2n) is 4.71. The summed E-state index contributed by atoms with van der Waals surface area (Å²) in [6, 6.07) is 0. The second kappa shape index (κ2) is 3.81. The number of aliphatic hydroxyl groups excluding tert-OH is 1. The molecular weight excluding hydrogens is 198 g/mol. The van der Waals surface area contributed by atoms with Gasteiger partial charge in [-0.15, -0.1) is 0 Å².